The number of hydrogen-bond acceptors (Lipinski definition) is 3. The average molecular weight is 180 g/mol. The van der Waals surface area contributed by atoms with Crippen LogP contribution in [0.15, 0.2) is 18.3 Å². The molecule has 72 valence electrons. The van der Waals surface area contributed by atoms with Crippen molar-refractivity contribution in [2.75, 3.05) is 6.61 Å². The largest absolute Gasteiger partial charge is 0.493 e. The van der Waals surface area contributed by atoms with Crippen molar-refractivity contribution in [1.82, 2.24) is 4.98 Å². The van der Waals surface area contributed by atoms with Crippen LogP contribution in [0.25, 0.3) is 0 Å². The van der Waals surface area contributed by atoms with Gasteiger partial charge in [-0.1, -0.05) is 13.8 Å². The summed E-state index contributed by atoms with van der Waals surface area (Å²) in [6.07, 6.45) is 1.72. The van der Waals surface area contributed by atoms with Crippen LogP contribution in [0.3, 0.4) is 0 Å². The van der Waals surface area contributed by atoms with Gasteiger partial charge in [-0.25, -0.2) is 0 Å². The molecular formula is C10H16N2O. The van der Waals surface area contributed by atoms with E-state index in [1.54, 1.807) is 6.20 Å². The van der Waals surface area contributed by atoms with Crippen molar-refractivity contribution < 1.29 is 4.74 Å². The molecule has 0 fully saturated rings. The van der Waals surface area contributed by atoms with E-state index in [9.17, 15) is 0 Å². The second-order valence-electron chi connectivity index (χ2n) is 3.39. The smallest absolute Gasteiger partial charge is 0.122 e. The summed E-state index contributed by atoms with van der Waals surface area (Å²) in [5, 5.41) is 0. The molecule has 0 saturated heterocycles. The Hall–Kier alpha value is -1.09. The predicted molar refractivity (Wildman–Crippen MR) is 52.5 cm³/mol. The zero-order valence-electron chi connectivity index (χ0n) is 8.16. The monoisotopic (exact) mass is 180 g/mol. The Morgan fingerprint density at radius 3 is 2.92 bits per heavy atom. The van der Waals surface area contributed by atoms with E-state index in [0.717, 1.165) is 18.1 Å². The summed E-state index contributed by atoms with van der Waals surface area (Å²) in [5.41, 5.74) is 6.32. The minimum Gasteiger partial charge on any atom is -0.493 e. The molecule has 3 nitrogen and oxygen atoms in total. The molecule has 1 aromatic rings. The van der Waals surface area contributed by atoms with Crippen molar-refractivity contribution in [1.29, 1.82) is 0 Å². The molecule has 1 rings (SSSR count). The van der Waals surface area contributed by atoms with Crippen LogP contribution in [0.5, 0.6) is 5.75 Å². The predicted octanol–water partition coefficient (Wildman–Crippen LogP) is 1.58. The zero-order valence-corrected chi connectivity index (χ0v) is 8.16. The first-order chi connectivity index (χ1) is 6.22. The van der Waals surface area contributed by atoms with Gasteiger partial charge in [0.2, 0.25) is 0 Å². The van der Waals surface area contributed by atoms with E-state index in [0.29, 0.717) is 12.5 Å². The summed E-state index contributed by atoms with van der Waals surface area (Å²) in [6.45, 7) is 5.42. The molecule has 1 heterocycles. The Morgan fingerprint density at radius 1 is 1.54 bits per heavy atom. The summed E-state index contributed by atoms with van der Waals surface area (Å²) >= 11 is 0. The van der Waals surface area contributed by atoms with Gasteiger partial charge in [-0.3, -0.25) is 4.98 Å². The van der Waals surface area contributed by atoms with Crippen molar-refractivity contribution in [3.05, 3.63) is 24.0 Å². The van der Waals surface area contributed by atoms with Crippen molar-refractivity contribution in [3.63, 3.8) is 0 Å². The number of hydrogen-bond donors (Lipinski definition) is 1. The molecular weight excluding hydrogens is 164 g/mol. The second-order valence-corrected chi connectivity index (χ2v) is 3.39. The summed E-state index contributed by atoms with van der Waals surface area (Å²) in [4.78, 5) is 4.08. The lowest BCUT2D eigenvalue weighted by Crippen LogP contribution is -2.06. The molecule has 0 bridgehead atoms. The van der Waals surface area contributed by atoms with Gasteiger partial charge in [0.15, 0.2) is 0 Å². The number of nitrogens with zero attached hydrogens (tertiary/aromatic N) is 1. The van der Waals surface area contributed by atoms with Gasteiger partial charge in [-0.2, -0.15) is 0 Å². The third-order valence-electron chi connectivity index (χ3n) is 1.58. The Labute approximate surface area is 78.9 Å². The summed E-state index contributed by atoms with van der Waals surface area (Å²) in [5.74, 6) is 1.39. The number of nitrogens with two attached hydrogens (primary N) is 1. The molecule has 0 radical (unpaired) electrons. The van der Waals surface area contributed by atoms with E-state index >= 15 is 0 Å². The molecule has 0 aliphatic heterocycles. The van der Waals surface area contributed by atoms with E-state index in [4.69, 9.17) is 10.5 Å². The van der Waals surface area contributed by atoms with Crippen LogP contribution in [-0.4, -0.2) is 11.6 Å². The van der Waals surface area contributed by atoms with Crippen LogP contribution < -0.4 is 10.5 Å². The first kappa shape index (κ1) is 9.99. The molecule has 0 unspecified atom stereocenters. The molecule has 0 spiro atoms. The minimum atomic E-state index is 0.457. The lowest BCUT2D eigenvalue weighted by atomic mass is 10.2. The maximum Gasteiger partial charge on any atom is 0.122 e. The maximum absolute atomic E-state index is 5.51. The first-order valence-electron chi connectivity index (χ1n) is 4.50. The van der Waals surface area contributed by atoms with Crippen molar-refractivity contribution in [2.45, 2.75) is 20.4 Å². The zero-order chi connectivity index (χ0) is 9.68. The van der Waals surface area contributed by atoms with Gasteiger partial charge in [0.05, 0.1) is 12.3 Å². The fraction of sp³-hybridized carbons (Fsp3) is 0.500. The third kappa shape index (κ3) is 3.42. The van der Waals surface area contributed by atoms with Gasteiger partial charge in [0, 0.05) is 18.8 Å². The van der Waals surface area contributed by atoms with Gasteiger partial charge in [-0.15, -0.1) is 0 Å². The van der Waals surface area contributed by atoms with E-state index in [1.807, 2.05) is 12.1 Å². The fourth-order valence-electron chi connectivity index (χ4n) is 0.920. The highest BCUT2D eigenvalue weighted by Crippen LogP contribution is 2.11. The molecule has 3 heteroatoms. The van der Waals surface area contributed by atoms with Crippen LogP contribution in [0, 0.1) is 5.92 Å². The number of aromatic nitrogens is 1. The minimum absolute atomic E-state index is 0.457. The second kappa shape index (κ2) is 4.82. The molecule has 0 amide bonds. The summed E-state index contributed by atoms with van der Waals surface area (Å²) in [6, 6.07) is 3.73. The molecule has 2 N–H and O–H groups in total. The molecule has 0 aliphatic rings. The van der Waals surface area contributed by atoms with E-state index < -0.39 is 0 Å². The Kier molecular flexibility index (Phi) is 3.71. The van der Waals surface area contributed by atoms with Gasteiger partial charge in [-0.05, 0) is 12.0 Å². The SMILES string of the molecule is CC(C)COc1ccnc(CN)c1. The van der Waals surface area contributed by atoms with Crippen LogP contribution in [0.4, 0.5) is 0 Å². The Bertz CT molecular complexity index is 261. The Balaban J connectivity index is 2.56. The van der Waals surface area contributed by atoms with Gasteiger partial charge in [0.1, 0.15) is 5.75 Å². The van der Waals surface area contributed by atoms with Gasteiger partial charge >= 0.3 is 0 Å². The lowest BCUT2D eigenvalue weighted by molar-refractivity contribution is 0.270. The van der Waals surface area contributed by atoms with Crippen molar-refractivity contribution in [2.24, 2.45) is 11.7 Å². The third-order valence-corrected chi connectivity index (χ3v) is 1.58. The van der Waals surface area contributed by atoms with Crippen molar-refractivity contribution >= 4 is 0 Å². The quantitative estimate of drug-likeness (QED) is 0.765. The van der Waals surface area contributed by atoms with Crippen LogP contribution in [0.2, 0.25) is 0 Å². The molecule has 0 aliphatic carbocycles. The highest BCUT2D eigenvalue weighted by molar-refractivity contribution is 5.22. The fourth-order valence-corrected chi connectivity index (χ4v) is 0.920. The first-order valence-corrected chi connectivity index (χ1v) is 4.50. The van der Waals surface area contributed by atoms with Crippen LogP contribution >= 0.6 is 0 Å². The molecule has 0 aromatic carbocycles. The number of pyridine rings is 1. The summed E-state index contributed by atoms with van der Waals surface area (Å²) in [7, 11) is 0. The molecule has 0 atom stereocenters. The standard InChI is InChI=1S/C10H16N2O/c1-8(2)7-13-10-3-4-12-9(5-10)6-11/h3-5,8H,6-7,11H2,1-2H3. The van der Waals surface area contributed by atoms with Crippen molar-refractivity contribution in [3.8, 4) is 5.75 Å². The van der Waals surface area contributed by atoms with Crippen LogP contribution in [-0.2, 0) is 6.54 Å². The summed E-state index contributed by atoms with van der Waals surface area (Å²) < 4.78 is 5.51. The van der Waals surface area contributed by atoms with Gasteiger partial charge < -0.3 is 10.5 Å². The van der Waals surface area contributed by atoms with E-state index in [-0.39, 0.29) is 0 Å². The Morgan fingerprint density at radius 2 is 2.31 bits per heavy atom. The lowest BCUT2D eigenvalue weighted by Gasteiger charge is -2.08. The molecule has 0 saturated carbocycles. The molecule has 1 aromatic heterocycles. The highest BCUT2D eigenvalue weighted by Gasteiger charge is 1.98. The number of rotatable bonds is 4. The topological polar surface area (TPSA) is 48.1 Å². The van der Waals surface area contributed by atoms with Gasteiger partial charge in [0.25, 0.3) is 0 Å². The highest BCUT2D eigenvalue weighted by atomic mass is 16.5. The number of ether oxygens (including phenoxy) is 1. The molecule has 13 heavy (non-hydrogen) atoms. The normalized spacial score (nSPS) is 10.5. The average Bonchev–Trinajstić information content (AvgIpc) is 2.15. The maximum atomic E-state index is 5.51. The van der Waals surface area contributed by atoms with E-state index in [1.165, 1.54) is 0 Å². The van der Waals surface area contributed by atoms with E-state index in [2.05, 4.69) is 18.8 Å². The van der Waals surface area contributed by atoms with Crippen LogP contribution in [0.1, 0.15) is 19.5 Å².